The predicted octanol–water partition coefficient (Wildman–Crippen LogP) is 2.06. The van der Waals surface area contributed by atoms with Crippen molar-refractivity contribution < 1.29 is 9.84 Å². The molecule has 0 aliphatic carbocycles. The first kappa shape index (κ1) is 18.1. The molecule has 2 N–H and O–H groups in total. The number of methoxy groups -OCH3 is 1. The minimum atomic E-state index is -0.418. The van der Waals surface area contributed by atoms with Crippen molar-refractivity contribution in [3.63, 3.8) is 0 Å². The number of likely N-dealkylation sites (N-methyl/N-ethyl adjacent to an activating group) is 1. The van der Waals surface area contributed by atoms with Crippen LogP contribution in [-0.4, -0.2) is 56.5 Å². The summed E-state index contributed by atoms with van der Waals surface area (Å²) in [5.41, 5.74) is 1.33. The molecule has 120 valence electrons. The van der Waals surface area contributed by atoms with Crippen LogP contribution in [-0.2, 0) is 4.74 Å². The molecule has 0 heterocycles. The first-order valence-electron chi connectivity index (χ1n) is 7.81. The van der Waals surface area contributed by atoms with Crippen molar-refractivity contribution in [3.8, 4) is 0 Å². The van der Waals surface area contributed by atoms with E-state index in [1.54, 1.807) is 7.11 Å². The Morgan fingerprint density at radius 1 is 1.29 bits per heavy atom. The van der Waals surface area contributed by atoms with E-state index in [1.807, 2.05) is 13.1 Å². The maximum Gasteiger partial charge on any atom is 0.0899 e. The van der Waals surface area contributed by atoms with Gasteiger partial charge in [-0.05, 0) is 38.5 Å². The lowest BCUT2D eigenvalue weighted by molar-refractivity contribution is 0.0426. The van der Waals surface area contributed by atoms with Crippen LogP contribution < -0.4 is 5.32 Å². The fraction of sp³-hybridized carbons (Fsp3) is 0.647. The minimum Gasteiger partial charge on any atom is -0.389 e. The molecule has 0 amide bonds. The lowest BCUT2D eigenvalue weighted by Gasteiger charge is -2.24. The van der Waals surface area contributed by atoms with Gasteiger partial charge in [-0.25, -0.2) is 0 Å². The Morgan fingerprint density at radius 2 is 2.00 bits per heavy atom. The third-order valence-electron chi connectivity index (χ3n) is 3.52. The summed E-state index contributed by atoms with van der Waals surface area (Å²) in [4.78, 5) is 2.16. The molecule has 0 saturated carbocycles. The number of hydrogen-bond acceptors (Lipinski definition) is 4. The number of aliphatic hydroxyl groups excluding tert-OH is 1. The van der Waals surface area contributed by atoms with Crippen molar-refractivity contribution in [3.05, 3.63) is 35.9 Å². The highest BCUT2D eigenvalue weighted by Gasteiger charge is 2.13. The van der Waals surface area contributed by atoms with Gasteiger partial charge >= 0.3 is 0 Å². The van der Waals surface area contributed by atoms with Gasteiger partial charge in [0.1, 0.15) is 0 Å². The average Bonchev–Trinajstić information content (AvgIpc) is 2.48. The van der Waals surface area contributed by atoms with Crippen molar-refractivity contribution >= 4 is 0 Å². The van der Waals surface area contributed by atoms with Crippen molar-refractivity contribution in [1.29, 1.82) is 0 Å². The van der Waals surface area contributed by atoms with Gasteiger partial charge in [-0.15, -0.1) is 0 Å². The smallest absolute Gasteiger partial charge is 0.0899 e. The standard InChI is InChI=1S/C17H30N2O2/c1-4-11-18-17(15-8-6-5-7-9-15)10-12-19(2)13-16(20)14-21-3/h5-9,16-18,20H,4,10-14H2,1-3H3. The molecule has 2 atom stereocenters. The van der Waals surface area contributed by atoms with Crippen LogP contribution in [0.5, 0.6) is 0 Å². The molecule has 0 aromatic heterocycles. The summed E-state index contributed by atoms with van der Waals surface area (Å²) in [5.74, 6) is 0. The van der Waals surface area contributed by atoms with Crippen LogP contribution in [0.4, 0.5) is 0 Å². The second-order valence-electron chi connectivity index (χ2n) is 5.58. The molecular formula is C17H30N2O2. The highest BCUT2D eigenvalue weighted by atomic mass is 16.5. The van der Waals surface area contributed by atoms with Crippen LogP contribution in [0.15, 0.2) is 30.3 Å². The van der Waals surface area contributed by atoms with Gasteiger partial charge in [0.05, 0.1) is 12.7 Å². The van der Waals surface area contributed by atoms with E-state index in [9.17, 15) is 5.11 Å². The van der Waals surface area contributed by atoms with Crippen LogP contribution in [0.2, 0.25) is 0 Å². The number of benzene rings is 1. The summed E-state index contributed by atoms with van der Waals surface area (Å²) in [7, 11) is 3.66. The quantitative estimate of drug-likeness (QED) is 0.656. The Kier molecular flexibility index (Phi) is 9.26. The molecule has 0 radical (unpaired) electrons. The Bertz CT molecular complexity index is 359. The zero-order valence-electron chi connectivity index (χ0n) is 13.6. The second kappa shape index (κ2) is 10.7. The van der Waals surface area contributed by atoms with E-state index in [4.69, 9.17) is 4.74 Å². The molecule has 0 saturated heterocycles. The topological polar surface area (TPSA) is 44.7 Å². The number of ether oxygens (including phenoxy) is 1. The van der Waals surface area contributed by atoms with E-state index in [0.717, 1.165) is 25.9 Å². The Hall–Kier alpha value is -0.940. The summed E-state index contributed by atoms with van der Waals surface area (Å²) in [6, 6.07) is 10.9. The monoisotopic (exact) mass is 294 g/mol. The van der Waals surface area contributed by atoms with Crippen LogP contribution in [0.25, 0.3) is 0 Å². The largest absolute Gasteiger partial charge is 0.389 e. The number of hydrogen-bond donors (Lipinski definition) is 2. The van der Waals surface area contributed by atoms with Crippen LogP contribution >= 0.6 is 0 Å². The van der Waals surface area contributed by atoms with E-state index in [0.29, 0.717) is 19.2 Å². The third-order valence-corrected chi connectivity index (χ3v) is 3.52. The summed E-state index contributed by atoms with van der Waals surface area (Å²) in [5, 5.41) is 13.4. The molecule has 0 aliphatic rings. The van der Waals surface area contributed by atoms with Gasteiger partial charge < -0.3 is 20.1 Å². The van der Waals surface area contributed by atoms with Crippen LogP contribution in [0.1, 0.15) is 31.4 Å². The zero-order valence-corrected chi connectivity index (χ0v) is 13.6. The average molecular weight is 294 g/mol. The first-order chi connectivity index (χ1) is 10.2. The molecule has 1 rings (SSSR count). The zero-order chi connectivity index (χ0) is 15.5. The Morgan fingerprint density at radius 3 is 2.62 bits per heavy atom. The molecule has 1 aromatic carbocycles. The van der Waals surface area contributed by atoms with Crippen molar-refractivity contribution in [1.82, 2.24) is 10.2 Å². The first-order valence-corrected chi connectivity index (χ1v) is 7.81. The highest BCUT2D eigenvalue weighted by Crippen LogP contribution is 2.16. The van der Waals surface area contributed by atoms with Gasteiger partial charge in [0.2, 0.25) is 0 Å². The van der Waals surface area contributed by atoms with Gasteiger partial charge in [0.25, 0.3) is 0 Å². The van der Waals surface area contributed by atoms with E-state index in [-0.39, 0.29) is 0 Å². The van der Waals surface area contributed by atoms with Gasteiger partial charge in [-0.1, -0.05) is 37.3 Å². The number of nitrogens with one attached hydrogen (secondary N) is 1. The van der Waals surface area contributed by atoms with Gasteiger partial charge in [0, 0.05) is 19.7 Å². The van der Waals surface area contributed by atoms with Gasteiger partial charge in [-0.3, -0.25) is 0 Å². The molecule has 0 fully saturated rings. The SMILES string of the molecule is CCCNC(CCN(C)CC(O)COC)c1ccccc1. The molecule has 4 nitrogen and oxygen atoms in total. The fourth-order valence-corrected chi connectivity index (χ4v) is 2.44. The van der Waals surface area contributed by atoms with E-state index in [2.05, 4.69) is 41.4 Å². The fourth-order valence-electron chi connectivity index (χ4n) is 2.44. The maximum atomic E-state index is 9.76. The summed E-state index contributed by atoms with van der Waals surface area (Å²) in [6.45, 7) is 5.18. The van der Waals surface area contributed by atoms with Gasteiger partial charge in [0.15, 0.2) is 0 Å². The van der Waals surface area contributed by atoms with Crippen LogP contribution in [0, 0.1) is 0 Å². The maximum absolute atomic E-state index is 9.76. The number of rotatable bonds is 11. The number of aliphatic hydroxyl groups is 1. The molecule has 1 aromatic rings. The summed E-state index contributed by atoms with van der Waals surface area (Å²) >= 11 is 0. The van der Waals surface area contributed by atoms with Gasteiger partial charge in [-0.2, -0.15) is 0 Å². The second-order valence-corrected chi connectivity index (χ2v) is 5.58. The van der Waals surface area contributed by atoms with E-state index < -0.39 is 6.10 Å². The minimum absolute atomic E-state index is 0.369. The van der Waals surface area contributed by atoms with E-state index in [1.165, 1.54) is 5.56 Å². The molecule has 2 unspecified atom stereocenters. The predicted molar refractivity (Wildman–Crippen MR) is 87.5 cm³/mol. The summed E-state index contributed by atoms with van der Waals surface area (Å²) < 4.78 is 4.96. The molecule has 21 heavy (non-hydrogen) atoms. The Labute approximate surface area is 129 Å². The van der Waals surface area contributed by atoms with E-state index >= 15 is 0 Å². The number of nitrogens with zero attached hydrogens (tertiary/aromatic N) is 1. The van der Waals surface area contributed by atoms with Crippen molar-refractivity contribution in [2.24, 2.45) is 0 Å². The molecular weight excluding hydrogens is 264 g/mol. The molecule has 0 spiro atoms. The normalized spacial score (nSPS) is 14.3. The third kappa shape index (κ3) is 7.58. The highest BCUT2D eigenvalue weighted by molar-refractivity contribution is 5.18. The van der Waals surface area contributed by atoms with Crippen molar-refractivity contribution in [2.45, 2.75) is 31.9 Å². The lowest BCUT2D eigenvalue weighted by atomic mass is 10.0. The Balaban J connectivity index is 2.46. The summed E-state index contributed by atoms with van der Waals surface area (Å²) in [6.07, 6.45) is 1.74. The molecule has 0 aliphatic heterocycles. The van der Waals surface area contributed by atoms with Crippen LogP contribution in [0.3, 0.4) is 0 Å². The van der Waals surface area contributed by atoms with Crippen molar-refractivity contribution in [2.75, 3.05) is 40.4 Å². The molecule has 4 heteroatoms. The lowest BCUT2D eigenvalue weighted by Crippen LogP contribution is -2.34. The molecule has 0 bridgehead atoms.